The first-order chi connectivity index (χ1) is 13.9. The third-order valence-corrected chi connectivity index (χ3v) is 10.1. The van der Waals surface area contributed by atoms with Crippen LogP contribution in [0.1, 0.15) is 71.6 Å². The molecular weight excluding hydrogens is 362 g/mol. The third kappa shape index (κ3) is 2.85. The van der Waals surface area contributed by atoms with Gasteiger partial charge in [-0.25, -0.2) is 0 Å². The van der Waals surface area contributed by atoms with Crippen LogP contribution in [-0.2, 0) is 9.59 Å². The minimum atomic E-state index is -0.296. The lowest BCUT2D eigenvalue weighted by atomic mass is 9.42. The van der Waals surface area contributed by atoms with Crippen LogP contribution < -0.4 is 5.32 Å². The summed E-state index contributed by atoms with van der Waals surface area (Å²) in [4.78, 5) is 26.4. The predicted octanol–water partition coefficient (Wildman–Crippen LogP) is 3.67. The van der Waals surface area contributed by atoms with Gasteiger partial charge in [-0.3, -0.25) is 9.59 Å². The molecule has 5 fully saturated rings. The maximum Gasteiger partial charge on any atom is 0.142 e. The van der Waals surface area contributed by atoms with Crippen molar-refractivity contribution in [3.8, 4) is 0 Å². The zero-order chi connectivity index (χ0) is 20.4. The highest BCUT2D eigenvalue weighted by atomic mass is 16.3. The number of carbonyl (C=O) groups is 2. The number of hydrogen-bond acceptors (Lipinski definition) is 4. The average Bonchev–Trinajstić information content (AvgIpc) is 2.97. The van der Waals surface area contributed by atoms with E-state index in [-0.39, 0.29) is 46.9 Å². The number of allylic oxidation sites excluding steroid dienone is 1. The van der Waals surface area contributed by atoms with Crippen molar-refractivity contribution in [2.24, 2.45) is 40.4 Å². The molecule has 1 aliphatic heterocycles. The molecule has 0 amide bonds. The van der Waals surface area contributed by atoms with Gasteiger partial charge in [0.15, 0.2) is 0 Å². The average molecular weight is 400 g/mol. The number of nitrogens with one attached hydrogen (secondary N) is 1. The monoisotopic (exact) mass is 399 g/mol. The molecule has 1 saturated heterocycles. The second kappa shape index (κ2) is 7.02. The lowest BCUT2D eigenvalue weighted by Gasteiger charge is -2.60. The number of aliphatic hydroxyl groups is 1. The molecule has 4 heteroatoms. The molecule has 4 saturated carbocycles. The number of fused-ring (bicyclic) bond motifs is 5. The van der Waals surface area contributed by atoms with E-state index in [1.807, 2.05) is 0 Å². The largest absolute Gasteiger partial charge is 0.396 e. The van der Waals surface area contributed by atoms with Crippen molar-refractivity contribution in [1.29, 1.82) is 0 Å². The van der Waals surface area contributed by atoms with Gasteiger partial charge in [0.25, 0.3) is 0 Å². The van der Waals surface area contributed by atoms with Crippen LogP contribution in [0, 0.1) is 40.4 Å². The highest BCUT2D eigenvalue weighted by Gasteiger charge is 2.64. The van der Waals surface area contributed by atoms with Gasteiger partial charge in [-0.05, 0) is 81.1 Å². The first-order valence-electron chi connectivity index (χ1n) is 12.0. The van der Waals surface area contributed by atoms with Crippen LogP contribution in [0.25, 0.3) is 0 Å². The maximum atomic E-state index is 13.7. The first kappa shape index (κ1) is 19.9. The van der Waals surface area contributed by atoms with Crippen molar-refractivity contribution in [2.75, 3.05) is 13.2 Å². The van der Waals surface area contributed by atoms with Gasteiger partial charge in [-0.2, -0.15) is 0 Å². The van der Waals surface area contributed by atoms with E-state index in [1.165, 1.54) is 12.0 Å². The summed E-state index contributed by atoms with van der Waals surface area (Å²) in [6.07, 6.45) is 11.5. The fourth-order valence-electron chi connectivity index (χ4n) is 8.05. The van der Waals surface area contributed by atoms with Crippen LogP contribution in [0.15, 0.2) is 11.6 Å². The molecule has 5 rings (SSSR count). The molecule has 0 aromatic heterocycles. The van der Waals surface area contributed by atoms with Gasteiger partial charge in [0, 0.05) is 29.7 Å². The van der Waals surface area contributed by atoms with E-state index in [0.29, 0.717) is 24.2 Å². The van der Waals surface area contributed by atoms with Gasteiger partial charge in [0.05, 0.1) is 6.61 Å². The molecule has 0 spiro atoms. The number of hydrogen-bond donors (Lipinski definition) is 2. The molecule has 160 valence electrons. The van der Waals surface area contributed by atoms with Crippen LogP contribution in [0.5, 0.6) is 0 Å². The second-order valence-electron chi connectivity index (χ2n) is 11.2. The zero-order valence-corrected chi connectivity index (χ0v) is 18.1. The molecule has 5 aliphatic rings. The van der Waals surface area contributed by atoms with Crippen LogP contribution >= 0.6 is 0 Å². The summed E-state index contributed by atoms with van der Waals surface area (Å²) in [6, 6.07) is 0.637. The lowest BCUT2D eigenvalue weighted by molar-refractivity contribution is -0.167. The molecule has 4 aliphatic carbocycles. The molecule has 0 bridgehead atoms. The van der Waals surface area contributed by atoms with E-state index in [9.17, 15) is 14.7 Å². The van der Waals surface area contributed by atoms with Crippen molar-refractivity contribution in [1.82, 2.24) is 5.32 Å². The summed E-state index contributed by atoms with van der Waals surface area (Å²) in [6.45, 7) is 5.64. The molecule has 4 nitrogen and oxygen atoms in total. The van der Waals surface area contributed by atoms with E-state index >= 15 is 0 Å². The Labute approximate surface area is 174 Å². The Kier molecular flexibility index (Phi) is 4.82. The van der Waals surface area contributed by atoms with E-state index in [0.717, 1.165) is 51.5 Å². The minimum absolute atomic E-state index is 0.0108. The van der Waals surface area contributed by atoms with Gasteiger partial charge in [0.1, 0.15) is 11.6 Å². The van der Waals surface area contributed by atoms with E-state index in [2.05, 4.69) is 25.2 Å². The van der Waals surface area contributed by atoms with Crippen LogP contribution in [-0.4, -0.2) is 35.9 Å². The van der Waals surface area contributed by atoms with Crippen molar-refractivity contribution in [2.45, 2.75) is 77.7 Å². The first-order valence-corrected chi connectivity index (χ1v) is 12.0. The number of Topliss-reactive ketones (excluding diaryl/α,β-unsaturated/α-hetero) is 2. The van der Waals surface area contributed by atoms with Crippen molar-refractivity contribution in [3.05, 3.63) is 11.6 Å². The summed E-state index contributed by atoms with van der Waals surface area (Å²) in [5, 5.41) is 13.8. The Morgan fingerprint density at radius 2 is 1.86 bits per heavy atom. The third-order valence-electron chi connectivity index (χ3n) is 10.1. The summed E-state index contributed by atoms with van der Waals surface area (Å²) >= 11 is 0. The summed E-state index contributed by atoms with van der Waals surface area (Å²) in [5.74, 6) is 1.26. The quantitative estimate of drug-likeness (QED) is 0.711. The zero-order valence-electron chi connectivity index (χ0n) is 18.1. The standard InChI is InChI=1S/C25H37NO3/c1-24-10-7-15(3-4-16-9-12-26-16)13-20(24)17(14-27)23(29)22-18-5-6-21(28)25(18,2)11-8-19(22)24/h3,16-20,22,26-27H,4-14H2,1-2H3/b15-3-/t16?,17-,18+,19+,20?,22+,24-,25+/m1/s1. The van der Waals surface area contributed by atoms with Crippen molar-refractivity contribution < 1.29 is 14.7 Å². The minimum Gasteiger partial charge on any atom is -0.396 e. The molecular formula is C25H37NO3. The van der Waals surface area contributed by atoms with E-state index < -0.39 is 0 Å². The maximum absolute atomic E-state index is 13.7. The van der Waals surface area contributed by atoms with Crippen molar-refractivity contribution >= 4 is 11.6 Å². The Hall–Kier alpha value is -1.00. The van der Waals surface area contributed by atoms with Gasteiger partial charge >= 0.3 is 0 Å². The molecule has 0 aromatic carbocycles. The Morgan fingerprint density at radius 3 is 2.55 bits per heavy atom. The number of ketones is 2. The van der Waals surface area contributed by atoms with Crippen molar-refractivity contribution in [3.63, 3.8) is 0 Å². The fourth-order valence-corrected chi connectivity index (χ4v) is 8.05. The molecule has 29 heavy (non-hydrogen) atoms. The topological polar surface area (TPSA) is 66.4 Å². The normalized spacial score (nSPS) is 50.7. The Bertz CT molecular complexity index is 740. The number of rotatable bonds is 3. The molecule has 2 N–H and O–H groups in total. The van der Waals surface area contributed by atoms with Gasteiger partial charge in [-0.1, -0.05) is 25.5 Å². The van der Waals surface area contributed by atoms with E-state index in [4.69, 9.17) is 0 Å². The summed E-state index contributed by atoms with van der Waals surface area (Å²) in [7, 11) is 0. The molecule has 1 heterocycles. The van der Waals surface area contributed by atoms with E-state index in [1.54, 1.807) is 0 Å². The highest BCUT2D eigenvalue weighted by molar-refractivity contribution is 5.91. The summed E-state index contributed by atoms with van der Waals surface area (Å²) in [5.41, 5.74) is 1.32. The summed E-state index contributed by atoms with van der Waals surface area (Å²) < 4.78 is 0. The highest BCUT2D eigenvalue weighted by Crippen LogP contribution is 2.66. The SMILES string of the molecule is C[C@]12CC/C(=C/CC3CCN3)CC1[C@@H](CO)C(=O)[C@@H]1[C@@H]2CC[C@]2(C)C(=O)CC[C@@H]12. The predicted molar refractivity (Wildman–Crippen MR) is 112 cm³/mol. The molecule has 8 atom stereocenters. The van der Waals surface area contributed by atoms with Gasteiger partial charge in [-0.15, -0.1) is 0 Å². The van der Waals surface area contributed by atoms with Crippen LogP contribution in [0.4, 0.5) is 0 Å². The Morgan fingerprint density at radius 1 is 1.07 bits per heavy atom. The molecule has 0 aromatic rings. The fraction of sp³-hybridized carbons (Fsp3) is 0.840. The molecule has 0 radical (unpaired) electrons. The van der Waals surface area contributed by atoms with Gasteiger partial charge in [0.2, 0.25) is 0 Å². The number of carbonyl (C=O) groups excluding carboxylic acids is 2. The van der Waals surface area contributed by atoms with Crippen LogP contribution in [0.3, 0.4) is 0 Å². The van der Waals surface area contributed by atoms with Crippen LogP contribution in [0.2, 0.25) is 0 Å². The smallest absolute Gasteiger partial charge is 0.142 e. The van der Waals surface area contributed by atoms with Gasteiger partial charge < -0.3 is 10.4 Å². The lowest BCUT2D eigenvalue weighted by Crippen LogP contribution is -2.60. The number of aliphatic hydroxyl groups excluding tert-OH is 1. The molecule has 2 unspecified atom stereocenters. The second-order valence-corrected chi connectivity index (χ2v) is 11.2. The Balaban J connectivity index is 1.44.